The van der Waals surface area contributed by atoms with Gasteiger partial charge in [-0.3, -0.25) is 0 Å². The van der Waals surface area contributed by atoms with Crippen LogP contribution in [-0.4, -0.2) is 26.5 Å². The molecule has 0 atom stereocenters. The first-order valence-electron chi connectivity index (χ1n) is 6.91. The van der Waals surface area contributed by atoms with Gasteiger partial charge in [0.25, 0.3) is 0 Å². The Morgan fingerprint density at radius 2 is 1.26 bits per heavy atom. The van der Waals surface area contributed by atoms with E-state index in [0.29, 0.717) is 0 Å². The van der Waals surface area contributed by atoms with Crippen LogP contribution in [0.4, 0.5) is 0 Å². The second-order valence-corrected chi connectivity index (χ2v) is 4.44. The summed E-state index contributed by atoms with van der Waals surface area (Å²) in [6, 6.07) is 20.7. The summed E-state index contributed by atoms with van der Waals surface area (Å²) in [5, 5.41) is 19.1. The van der Waals surface area contributed by atoms with Gasteiger partial charge in [0, 0.05) is 6.08 Å². The van der Waals surface area contributed by atoms with Crippen molar-refractivity contribution in [3.63, 3.8) is 0 Å². The molecule has 1 aromatic heterocycles. The summed E-state index contributed by atoms with van der Waals surface area (Å²) in [7, 11) is 0. The number of hydrogen-bond acceptors (Lipinski definition) is 4. The van der Waals surface area contributed by atoms with Crippen LogP contribution in [0.25, 0.3) is 5.57 Å². The monoisotopic (exact) mass is 305 g/mol. The molecule has 0 amide bonds. The van der Waals surface area contributed by atoms with Gasteiger partial charge in [-0.25, -0.2) is 4.79 Å². The van der Waals surface area contributed by atoms with Crippen molar-refractivity contribution in [3.8, 4) is 0 Å². The minimum Gasteiger partial charge on any atom is -0.478 e. The smallest absolute Gasteiger partial charge is 0.328 e. The number of aromatic nitrogens is 3. The molecule has 5 nitrogen and oxygen atoms in total. The zero-order valence-electron chi connectivity index (χ0n) is 12.3. The van der Waals surface area contributed by atoms with Crippen LogP contribution >= 0.6 is 0 Å². The fourth-order valence-electron chi connectivity index (χ4n) is 1.90. The maximum absolute atomic E-state index is 10.9. The van der Waals surface area contributed by atoms with E-state index in [1.54, 1.807) is 18.5 Å². The van der Waals surface area contributed by atoms with E-state index in [2.05, 4.69) is 15.4 Å². The Labute approximate surface area is 134 Å². The quantitative estimate of drug-likeness (QED) is 0.753. The van der Waals surface area contributed by atoms with Crippen molar-refractivity contribution < 1.29 is 9.90 Å². The molecule has 0 saturated heterocycles. The van der Waals surface area contributed by atoms with Gasteiger partial charge in [0.1, 0.15) is 0 Å². The second-order valence-electron chi connectivity index (χ2n) is 4.44. The normalized spacial score (nSPS) is 9.22. The van der Waals surface area contributed by atoms with Crippen LogP contribution in [0.3, 0.4) is 0 Å². The van der Waals surface area contributed by atoms with Gasteiger partial charge in [0.05, 0.1) is 12.4 Å². The number of carboxylic acid groups (broad SMARTS) is 1. The first kappa shape index (κ1) is 16.0. The number of hydrogen-bond donors (Lipinski definition) is 1. The van der Waals surface area contributed by atoms with E-state index in [1.165, 1.54) is 6.08 Å². The lowest BCUT2D eigenvalue weighted by atomic mass is 9.98. The molecule has 114 valence electrons. The molecule has 0 fully saturated rings. The molecule has 0 aliphatic rings. The van der Waals surface area contributed by atoms with Crippen LogP contribution in [-0.2, 0) is 4.79 Å². The lowest BCUT2D eigenvalue weighted by Crippen LogP contribution is -1.94. The highest BCUT2D eigenvalue weighted by Gasteiger charge is 2.05. The molecule has 0 radical (unpaired) electrons. The molecule has 23 heavy (non-hydrogen) atoms. The van der Waals surface area contributed by atoms with Gasteiger partial charge in [-0.05, 0) is 28.0 Å². The van der Waals surface area contributed by atoms with Gasteiger partial charge < -0.3 is 5.11 Å². The van der Waals surface area contributed by atoms with E-state index in [1.807, 2.05) is 60.7 Å². The summed E-state index contributed by atoms with van der Waals surface area (Å²) in [5.41, 5.74) is 2.53. The Morgan fingerprint density at radius 1 is 0.783 bits per heavy atom. The van der Waals surface area contributed by atoms with Crippen molar-refractivity contribution in [2.75, 3.05) is 0 Å². The van der Waals surface area contributed by atoms with Crippen LogP contribution in [0.1, 0.15) is 11.1 Å². The standard InChI is InChI=1S/C15H12O2.C3H3N3/c16-15(17)11-14(12-7-3-1-4-8-12)13-9-5-2-6-10-13;1-2-4-6-5-3-1/h1-11H,(H,16,17);1-3H. The molecule has 1 N–H and O–H groups in total. The Balaban J connectivity index is 0.000000268. The van der Waals surface area contributed by atoms with E-state index in [-0.39, 0.29) is 0 Å². The molecule has 0 saturated carbocycles. The lowest BCUT2D eigenvalue weighted by molar-refractivity contribution is -0.131. The van der Waals surface area contributed by atoms with Gasteiger partial charge in [-0.1, -0.05) is 60.7 Å². The number of carbonyl (C=O) groups is 1. The van der Waals surface area contributed by atoms with E-state index < -0.39 is 5.97 Å². The van der Waals surface area contributed by atoms with Crippen molar-refractivity contribution >= 4 is 11.5 Å². The van der Waals surface area contributed by atoms with Crippen molar-refractivity contribution in [2.24, 2.45) is 0 Å². The summed E-state index contributed by atoms with van der Waals surface area (Å²) < 4.78 is 0. The highest BCUT2D eigenvalue weighted by Crippen LogP contribution is 2.22. The van der Waals surface area contributed by atoms with Crippen molar-refractivity contribution in [1.29, 1.82) is 0 Å². The van der Waals surface area contributed by atoms with E-state index in [0.717, 1.165) is 16.7 Å². The molecule has 0 unspecified atom stereocenters. The largest absolute Gasteiger partial charge is 0.478 e. The zero-order valence-corrected chi connectivity index (χ0v) is 12.3. The molecule has 0 spiro atoms. The molecule has 0 aliphatic carbocycles. The number of carboxylic acids is 1. The van der Waals surface area contributed by atoms with Crippen LogP contribution in [0.5, 0.6) is 0 Å². The highest BCUT2D eigenvalue weighted by molar-refractivity contribution is 5.95. The summed E-state index contributed by atoms with van der Waals surface area (Å²) in [4.78, 5) is 10.9. The minimum absolute atomic E-state index is 0.721. The maximum Gasteiger partial charge on any atom is 0.328 e. The van der Waals surface area contributed by atoms with E-state index in [4.69, 9.17) is 5.11 Å². The van der Waals surface area contributed by atoms with Crippen LogP contribution in [0.2, 0.25) is 0 Å². The Hall–Kier alpha value is -3.34. The predicted molar refractivity (Wildman–Crippen MR) is 87.4 cm³/mol. The average molecular weight is 305 g/mol. The van der Waals surface area contributed by atoms with Gasteiger partial charge in [0.2, 0.25) is 0 Å². The fraction of sp³-hybridized carbons (Fsp3) is 0. The molecular weight excluding hydrogens is 290 g/mol. The third-order valence-electron chi connectivity index (χ3n) is 2.85. The molecule has 1 heterocycles. The average Bonchev–Trinajstić information content (AvgIpc) is 2.63. The summed E-state index contributed by atoms with van der Waals surface area (Å²) >= 11 is 0. The predicted octanol–water partition coefficient (Wildman–Crippen LogP) is 3.07. The molecule has 0 aliphatic heterocycles. The number of nitrogens with zero attached hydrogens (tertiary/aromatic N) is 3. The number of aliphatic carboxylic acids is 1. The molecule has 3 rings (SSSR count). The minimum atomic E-state index is -0.937. The first-order valence-corrected chi connectivity index (χ1v) is 6.91. The third-order valence-corrected chi connectivity index (χ3v) is 2.85. The number of rotatable bonds is 3. The van der Waals surface area contributed by atoms with Crippen molar-refractivity contribution in [3.05, 3.63) is 96.3 Å². The topological polar surface area (TPSA) is 76.0 Å². The summed E-state index contributed by atoms with van der Waals surface area (Å²) in [6.45, 7) is 0. The Morgan fingerprint density at radius 3 is 1.57 bits per heavy atom. The Bertz CT molecular complexity index is 677. The molecule has 0 bridgehead atoms. The van der Waals surface area contributed by atoms with Crippen molar-refractivity contribution in [1.82, 2.24) is 15.4 Å². The van der Waals surface area contributed by atoms with Gasteiger partial charge >= 0.3 is 5.97 Å². The van der Waals surface area contributed by atoms with Crippen LogP contribution in [0, 0.1) is 0 Å². The van der Waals surface area contributed by atoms with Gasteiger partial charge in [0.15, 0.2) is 0 Å². The highest BCUT2D eigenvalue weighted by atomic mass is 16.4. The van der Waals surface area contributed by atoms with E-state index >= 15 is 0 Å². The molecule has 3 aromatic rings. The summed E-state index contributed by atoms with van der Waals surface area (Å²) in [5.74, 6) is -0.937. The fourth-order valence-corrected chi connectivity index (χ4v) is 1.90. The van der Waals surface area contributed by atoms with E-state index in [9.17, 15) is 4.79 Å². The number of benzene rings is 2. The van der Waals surface area contributed by atoms with Crippen LogP contribution in [0.15, 0.2) is 85.2 Å². The summed E-state index contributed by atoms with van der Waals surface area (Å²) in [6.07, 6.45) is 4.39. The first-order chi connectivity index (χ1) is 11.3. The second kappa shape index (κ2) is 8.84. The van der Waals surface area contributed by atoms with Crippen molar-refractivity contribution in [2.45, 2.75) is 0 Å². The van der Waals surface area contributed by atoms with Gasteiger partial charge in [-0.2, -0.15) is 0 Å². The zero-order chi connectivity index (χ0) is 16.3. The SMILES string of the molecule is O=C(O)C=C(c1ccccc1)c1ccccc1.c1cnnnc1. The molecule has 2 aromatic carbocycles. The lowest BCUT2D eigenvalue weighted by Gasteiger charge is -2.06. The maximum atomic E-state index is 10.9. The molecular formula is C18H15N3O2. The molecule has 5 heteroatoms. The van der Waals surface area contributed by atoms with Gasteiger partial charge in [-0.15, -0.1) is 10.2 Å². The third kappa shape index (κ3) is 5.51. The van der Waals surface area contributed by atoms with Crippen LogP contribution < -0.4 is 0 Å². The Kier molecular flexibility index (Phi) is 6.16.